The lowest BCUT2D eigenvalue weighted by Crippen LogP contribution is -2.29. The molecule has 1 aliphatic heterocycles. The Balaban J connectivity index is 2.01. The van der Waals surface area contributed by atoms with Crippen molar-refractivity contribution in [2.45, 2.75) is 32.7 Å². The molecule has 0 spiro atoms. The van der Waals surface area contributed by atoms with Crippen LogP contribution < -0.4 is 5.32 Å². The van der Waals surface area contributed by atoms with Crippen LogP contribution in [0.15, 0.2) is 12.1 Å². The molecule has 1 aromatic heterocycles. The molecule has 4 heteroatoms. The molecule has 0 aromatic carbocycles. The smallest absolute Gasteiger partial charge is 0.0606 e. The summed E-state index contributed by atoms with van der Waals surface area (Å²) in [6, 6.07) is 4.57. The lowest BCUT2D eigenvalue weighted by molar-refractivity contribution is 0.623. The molecule has 1 aliphatic rings. The van der Waals surface area contributed by atoms with Crippen LogP contribution in [0.2, 0.25) is 0 Å². The van der Waals surface area contributed by atoms with Gasteiger partial charge in [-0.15, -0.1) is 0 Å². The van der Waals surface area contributed by atoms with Gasteiger partial charge in [0.15, 0.2) is 0 Å². The highest BCUT2D eigenvalue weighted by atomic mass is 32.2. The molecule has 0 saturated carbocycles. The van der Waals surface area contributed by atoms with E-state index in [4.69, 9.17) is 0 Å². The van der Waals surface area contributed by atoms with Crippen molar-refractivity contribution in [2.75, 3.05) is 16.8 Å². The van der Waals surface area contributed by atoms with E-state index in [-0.39, 0.29) is 0 Å². The summed E-state index contributed by atoms with van der Waals surface area (Å²) < 4.78 is 11.2. The number of nitrogens with one attached hydrogen (secondary N) is 1. The second-order valence-electron chi connectivity index (χ2n) is 4.35. The number of hydrogen-bond acceptors (Lipinski definition) is 3. The average molecular weight is 238 g/mol. The summed E-state index contributed by atoms with van der Waals surface area (Å²) in [6.45, 7) is 4.02. The Morgan fingerprint density at radius 3 is 2.62 bits per heavy atom. The van der Waals surface area contributed by atoms with Gasteiger partial charge in [0.1, 0.15) is 0 Å². The van der Waals surface area contributed by atoms with Gasteiger partial charge in [-0.1, -0.05) is 0 Å². The summed E-state index contributed by atoms with van der Waals surface area (Å²) in [5.41, 5.74) is 3.21. The zero-order valence-corrected chi connectivity index (χ0v) is 10.6. The summed E-state index contributed by atoms with van der Waals surface area (Å²) >= 11 is 0. The minimum absolute atomic E-state index is 0.459. The van der Waals surface area contributed by atoms with Gasteiger partial charge < -0.3 is 5.32 Å². The predicted octanol–water partition coefficient (Wildman–Crippen LogP) is 2.02. The Morgan fingerprint density at radius 1 is 1.31 bits per heavy atom. The van der Waals surface area contributed by atoms with Crippen molar-refractivity contribution in [3.05, 3.63) is 23.5 Å². The van der Waals surface area contributed by atoms with Crippen molar-refractivity contribution in [2.24, 2.45) is 0 Å². The maximum absolute atomic E-state index is 11.2. The van der Waals surface area contributed by atoms with Crippen molar-refractivity contribution in [3.63, 3.8) is 0 Å². The summed E-state index contributed by atoms with van der Waals surface area (Å²) in [5, 5.41) is 3.50. The van der Waals surface area contributed by atoms with Gasteiger partial charge in [-0.05, 0) is 38.8 Å². The van der Waals surface area contributed by atoms with E-state index in [0.29, 0.717) is 6.04 Å². The van der Waals surface area contributed by atoms with E-state index in [9.17, 15) is 4.21 Å². The lowest BCUT2D eigenvalue weighted by Gasteiger charge is -2.24. The molecule has 1 aromatic rings. The largest absolute Gasteiger partial charge is 0.381 e. The number of rotatable bonds is 2. The van der Waals surface area contributed by atoms with Gasteiger partial charge in [-0.2, -0.15) is 0 Å². The lowest BCUT2D eigenvalue weighted by atomic mass is 10.1. The van der Waals surface area contributed by atoms with Crippen LogP contribution in [0.1, 0.15) is 24.2 Å². The SMILES string of the molecule is Cc1ccc(NC2CCS(=O)CC2)c(C)n1. The molecule has 0 radical (unpaired) electrons. The molecule has 88 valence electrons. The van der Waals surface area contributed by atoms with Gasteiger partial charge in [0.25, 0.3) is 0 Å². The van der Waals surface area contributed by atoms with Crippen molar-refractivity contribution in [1.29, 1.82) is 0 Å². The van der Waals surface area contributed by atoms with Gasteiger partial charge in [-0.25, -0.2) is 0 Å². The molecule has 0 amide bonds. The fraction of sp³-hybridized carbons (Fsp3) is 0.583. The number of pyridine rings is 1. The Labute approximate surface area is 99.1 Å². The van der Waals surface area contributed by atoms with Gasteiger partial charge in [0.2, 0.25) is 0 Å². The van der Waals surface area contributed by atoms with Crippen LogP contribution in [-0.2, 0) is 10.8 Å². The van der Waals surface area contributed by atoms with Crippen LogP contribution >= 0.6 is 0 Å². The number of anilines is 1. The second kappa shape index (κ2) is 4.95. The van der Waals surface area contributed by atoms with Gasteiger partial charge in [-0.3, -0.25) is 9.19 Å². The quantitative estimate of drug-likeness (QED) is 0.857. The molecule has 0 atom stereocenters. The van der Waals surface area contributed by atoms with Crippen molar-refractivity contribution >= 4 is 16.5 Å². The zero-order valence-electron chi connectivity index (χ0n) is 9.82. The first-order valence-electron chi connectivity index (χ1n) is 5.71. The van der Waals surface area contributed by atoms with Crippen LogP contribution in [0.4, 0.5) is 5.69 Å². The molecule has 2 heterocycles. The highest BCUT2D eigenvalue weighted by Crippen LogP contribution is 2.18. The summed E-state index contributed by atoms with van der Waals surface area (Å²) in [7, 11) is -0.584. The average Bonchev–Trinajstić information content (AvgIpc) is 2.25. The molecule has 1 N–H and O–H groups in total. The number of aromatic nitrogens is 1. The van der Waals surface area contributed by atoms with Crippen LogP contribution in [0.5, 0.6) is 0 Å². The molecule has 1 saturated heterocycles. The van der Waals surface area contributed by atoms with Crippen molar-refractivity contribution in [3.8, 4) is 0 Å². The number of hydrogen-bond donors (Lipinski definition) is 1. The van der Waals surface area contributed by atoms with E-state index in [0.717, 1.165) is 41.4 Å². The molecule has 0 bridgehead atoms. The van der Waals surface area contributed by atoms with Crippen molar-refractivity contribution < 1.29 is 4.21 Å². The second-order valence-corrected chi connectivity index (χ2v) is 6.05. The Bertz CT molecular complexity index is 396. The predicted molar refractivity (Wildman–Crippen MR) is 68.2 cm³/mol. The highest BCUT2D eigenvalue weighted by Gasteiger charge is 2.18. The summed E-state index contributed by atoms with van der Waals surface area (Å²) in [6.07, 6.45) is 2.00. The fourth-order valence-corrected chi connectivity index (χ4v) is 3.30. The van der Waals surface area contributed by atoms with E-state index >= 15 is 0 Å². The normalized spacial score (nSPS) is 25.4. The molecule has 0 aliphatic carbocycles. The number of nitrogens with zero attached hydrogens (tertiary/aromatic N) is 1. The fourth-order valence-electron chi connectivity index (χ4n) is 2.00. The first-order chi connectivity index (χ1) is 7.65. The summed E-state index contributed by atoms with van der Waals surface area (Å²) in [5.74, 6) is 1.66. The molecular formula is C12H18N2OS. The summed E-state index contributed by atoms with van der Waals surface area (Å²) in [4.78, 5) is 4.43. The van der Waals surface area contributed by atoms with Gasteiger partial charge in [0, 0.05) is 34.0 Å². The molecule has 2 rings (SSSR count). The minimum Gasteiger partial charge on any atom is -0.381 e. The topological polar surface area (TPSA) is 42.0 Å². The van der Waals surface area contributed by atoms with E-state index in [1.165, 1.54) is 0 Å². The first kappa shape index (κ1) is 11.6. The molecular weight excluding hydrogens is 220 g/mol. The first-order valence-corrected chi connectivity index (χ1v) is 7.20. The van der Waals surface area contributed by atoms with Crippen molar-refractivity contribution in [1.82, 2.24) is 4.98 Å². The molecule has 3 nitrogen and oxygen atoms in total. The van der Waals surface area contributed by atoms with E-state index in [1.807, 2.05) is 19.9 Å². The van der Waals surface area contributed by atoms with Crippen LogP contribution in [0.25, 0.3) is 0 Å². The maximum Gasteiger partial charge on any atom is 0.0606 e. The molecule has 16 heavy (non-hydrogen) atoms. The third-order valence-corrected chi connectivity index (χ3v) is 4.35. The minimum atomic E-state index is -0.584. The van der Waals surface area contributed by atoms with Crippen LogP contribution in [0.3, 0.4) is 0 Å². The number of aryl methyl sites for hydroxylation is 2. The standard InChI is InChI=1S/C12H18N2OS/c1-9-3-4-12(10(2)13-9)14-11-5-7-16(15)8-6-11/h3-4,11,14H,5-8H2,1-2H3. The Kier molecular flexibility index (Phi) is 3.59. The maximum atomic E-state index is 11.2. The van der Waals surface area contributed by atoms with E-state index < -0.39 is 10.8 Å². The molecule has 1 fully saturated rings. The third kappa shape index (κ3) is 2.82. The van der Waals surface area contributed by atoms with Gasteiger partial charge in [0.05, 0.1) is 11.4 Å². The Hall–Kier alpha value is -0.900. The third-order valence-electron chi connectivity index (χ3n) is 2.97. The zero-order chi connectivity index (χ0) is 11.5. The molecule has 0 unspecified atom stereocenters. The highest BCUT2D eigenvalue weighted by molar-refractivity contribution is 7.85. The monoisotopic (exact) mass is 238 g/mol. The Morgan fingerprint density at radius 2 is 2.00 bits per heavy atom. The van der Waals surface area contributed by atoms with Crippen LogP contribution in [-0.4, -0.2) is 26.7 Å². The van der Waals surface area contributed by atoms with Gasteiger partial charge >= 0.3 is 0 Å². The van der Waals surface area contributed by atoms with E-state index in [2.05, 4.69) is 16.4 Å². The van der Waals surface area contributed by atoms with E-state index in [1.54, 1.807) is 0 Å². The van der Waals surface area contributed by atoms with Crippen LogP contribution in [0, 0.1) is 13.8 Å².